The lowest BCUT2D eigenvalue weighted by Gasteiger charge is -2.14. The molecule has 1 amide bonds. The number of aryl methyl sites for hydroxylation is 1. The fourth-order valence-corrected chi connectivity index (χ4v) is 2.53. The average Bonchev–Trinajstić information content (AvgIpc) is 2.66. The van der Waals surface area contributed by atoms with Crippen molar-refractivity contribution >= 4 is 11.9 Å². The largest absolute Gasteiger partial charge is 0.452 e. The molecule has 0 aliphatic carbocycles. The highest BCUT2D eigenvalue weighted by Gasteiger charge is 2.12. The SMILES string of the molecule is COCc1ccc(C(=O)OCC(=O)N[C@H](C)CCc2ccccc2)cc1. The van der Waals surface area contributed by atoms with Gasteiger partial charge in [0.1, 0.15) is 0 Å². The number of ether oxygens (including phenoxy) is 2. The first-order valence-corrected chi connectivity index (χ1v) is 8.66. The minimum absolute atomic E-state index is 0.00901. The van der Waals surface area contributed by atoms with E-state index >= 15 is 0 Å². The Morgan fingerprint density at radius 2 is 1.69 bits per heavy atom. The van der Waals surface area contributed by atoms with Gasteiger partial charge in [0.25, 0.3) is 5.91 Å². The first-order valence-electron chi connectivity index (χ1n) is 8.66. The number of carbonyl (C=O) groups excluding carboxylic acids is 2. The Morgan fingerprint density at radius 1 is 1.00 bits per heavy atom. The summed E-state index contributed by atoms with van der Waals surface area (Å²) in [6, 6.07) is 17.0. The molecule has 0 aromatic heterocycles. The number of nitrogens with one attached hydrogen (secondary N) is 1. The Bertz CT molecular complexity index is 698. The Morgan fingerprint density at radius 3 is 2.35 bits per heavy atom. The number of rotatable bonds is 9. The summed E-state index contributed by atoms with van der Waals surface area (Å²) in [6.07, 6.45) is 1.71. The number of hydrogen-bond donors (Lipinski definition) is 1. The smallest absolute Gasteiger partial charge is 0.338 e. The molecule has 0 radical (unpaired) electrons. The number of hydrogen-bond acceptors (Lipinski definition) is 4. The van der Waals surface area contributed by atoms with Gasteiger partial charge >= 0.3 is 5.97 Å². The quantitative estimate of drug-likeness (QED) is 0.702. The van der Waals surface area contributed by atoms with Gasteiger partial charge in [0.05, 0.1) is 12.2 Å². The number of esters is 1. The lowest BCUT2D eigenvalue weighted by molar-refractivity contribution is -0.124. The van der Waals surface area contributed by atoms with Gasteiger partial charge < -0.3 is 14.8 Å². The highest BCUT2D eigenvalue weighted by atomic mass is 16.5. The molecule has 1 atom stereocenters. The van der Waals surface area contributed by atoms with Gasteiger partial charge in [-0.3, -0.25) is 4.79 Å². The summed E-state index contributed by atoms with van der Waals surface area (Å²) >= 11 is 0. The highest BCUT2D eigenvalue weighted by Crippen LogP contribution is 2.07. The van der Waals surface area contributed by atoms with Crippen LogP contribution >= 0.6 is 0 Å². The summed E-state index contributed by atoms with van der Waals surface area (Å²) in [4.78, 5) is 23.9. The second kappa shape index (κ2) is 10.4. The topological polar surface area (TPSA) is 64.6 Å². The number of methoxy groups -OCH3 is 1. The van der Waals surface area contributed by atoms with E-state index in [0.29, 0.717) is 12.2 Å². The molecule has 2 rings (SSSR count). The van der Waals surface area contributed by atoms with E-state index in [1.54, 1.807) is 31.4 Å². The molecule has 138 valence electrons. The molecule has 2 aromatic carbocycles. The van der Waals surface area contributed by atoms with Gasteiger partial charge in [0.2, 0.25) is 0 Å². The molecule has 0 fully saturated rings. The summed E-state index contributed by atoms with van der Waals surface area (Å²) in [5.74, 6) is -0.809. The zero-order valence-electron chi connectivity index (χ0n) is 15.2. The van der Waals surface area contributed by atoms with Crippen LogP contribution in [0.4, 0.5) is 0 Å². The second-order valence-corrected chi connectivity index (χ2v) is 6.20. The van der Waals surface area contributed by atoms with Crippen molar-refractivity contribution in [2.75, 3.05) is 13.7 Å². The van der Waals surface area contributed by atoms with Crippen molar-refractivity contribution in [1.82, 2.24) is 5.32 Å². The summed E-state index contributed by atoms with van der Waals surface area (Å²) in [6.45, 7) is 2.14. The van der Waals surface area contributed by atoms with Crippen LogP contribution in [-0.4, -0.2) is 31.6 Å². The molecule has 0 aliphatic rings. The fourth-order valence-electron chi connectivity index (χ4n) is 2.53. The van der Waals surface area contributed by atoms with Gasteiger partial charge in [-0.15, -0.1) is 0 Å². The van der Waals surface area contributed by atoms with Gasteiger partial charge in [-0.1, -0.05) is 42.5 Å². The van der Waals surface area contributed by atoms with Gasteiger partial charge in [-0.25, -0.2) is 4.79 Å². The number of amides is 1. The second-order valence-electron chi connectivity index (χ2n) is 6.20. The van der Waals surface area contributed by atoms with Crippen LogP contribution in [0.15, 0.2) is 54.6 Å². The predicted molar refractivity (Wildman–Crippen MR) is 99.8 cm³/mol. The van der Waals surface area contributed by atoms with Crippen molar-refractivity contribution in [3.8, 4) is 0 Å². The van der Waals surface area contributed by atoms with Crippen LogP contribution in [0.2, 0.25) is 0 Å². The van der Waals surface area contributed by atoms with Crippen LogP contribution in [-0.2, 0) is 27.3 Å². The minimum Gasteiger partial charge on any atom is -0.452 e. The summed E-state index contributed by atoms with van der Waals surface area (Å²) in [7, 11) is 1.61. The zero-order chi connectivity index (χ0) is 18.8. The molecule has 2 aromatic rings. The molecule has 0 unspecified atom stereocenters. The molecular formula is C21H25NO4. The van der Waals surface area contributed by atoms with E-state index in [2.05, 4.69) is 17.4 Å². The number of benzene rings is 2. The predicted octanol–water partition coefficient (Wildman–Crippen LogP) is 3.13. The number of carbonyl (C=O) groups is 2. The molecule has 26 heavy (non-hydrogen) atoms. The zero-order valence-corrected chi connectivity index (χ0v) is 15.2. The third-order valence-corrected chi connectivity index (χ3v) is 3.95. The normalized spacial score (nSPS) is 11.6. The van der Waals surface area contributed by atoms with Crippen LogP contribution in [0.3, 0.4) is 0 Å². The molecule has 0 saturated carbocycles. The van der Waals surface area contributed by atoms with Crippen molar-refractivity contribution in [2.24, 2.45) is 0 Å². The maximum absolute atomic E-state index is 12.0. The average molecular weight is 355 g/mol. The maximum Gasteiger partial charge on any atom is 0.338 e. The van der Waals surface area contributed by atoms with Crippen LogP contribution < -0.4 is 5.32 Å². The third kappa shape index (κ3) is 6.69. The molecule has 0 heterocycles. The maximum atomic E-state index is 12.0. The molecule has 0 bridgehead atoms. The van der Waals surface area contributed by atoms with E-state index in [4.69, 9.17) is 9.47 Å². The lowest BCUT2D eigenvalue weighted by atomic mass is 10.1. The van der Waals surface area contributed by atoms with Crippen molar-refractivity contribution < 1.29 is 19.1 Å². The van der Waals surface area contributed by atoms with Gasteiger partial charge in [0, 0.05) is 13.2 Å². The van der Waals surface area contributed by atoms with Crippen LogP contribution in [0, 0.1) is 0 Å². The molecule has 0 aliphatic heterocycles. The van der Waals surface area contributed by atoms with E-state index in [0.717, 1.165) is 18.4 Å². The summed E-state index contributed by atoms with van der Waals surface area (Å²) < 4.78 is 10.1. The molecule has 5 nitrogen and oxygen atoms in total. The van der Waals surface area contributed by atoms with E-state index in [1.165, 1.54) is 5.56 Å². The Kier molecular flexibility index (Phi) is 7.83. The van der Waals surface area contributed by atoms with Crippen molar-refractivity contribution in [3.63, 3.8) is 0 Å². The van der Waals surface area contributed by atoms with Gasteiger partial charge in [0.15, 0.2) is 6.61 Å². The lowest BCUT2D eigenvalue weighted by Crippen LogP contribution is -2.36. The monoisotopic (exact) mass is 355 g/mol. The Labute approximate surface area is 154 Å². The fraction of sp³-hybridized carbons (Fsp3) is 0.333. The van der Waals surface area contributed by atoms with Crippen LogP contribution in [0.5, 0.6) is 0 Å². The van der Waals surface area contributed by atoms with E-state index in [9.17, 15) is 9.59 Å². The van der Waals surface area contributed by atoms with Crippen molar-refractivity contribution in [2.45, 2.75) is 32.4 Å². The summed E-state index contributed by atoms with van der Waals surface area (Å²) in [5, 5.41) is 2.85. The molecule has 0 spiro atoms. The highest BCUT2D eigenvalue weighted by molar-refractivity contribution is 5.91. The first-order chi connectivity index (χ1) is 12.6. The van der Waals surface area contributed by atoms with Gasteiger partial charge in [-0.05, 0) is 43.0 Å². The third-order valence-electron chi connectivity index (χ3n) is 3.95. The van der Waals surface area contributed by atoms with Crippen LogP contribution in [0.1, 0.15) is 34.8 Å². The molecular weight excluding hydrogens is 330 g/mol. The molecule has 5 heteroatoms. The van der Waals surface area contributed by atoms with Crippen molar-refractivity contribution in [1.29, 1.82) is 0 Å². The molecule has 1 N–H and O–H groups in total. The summed E-state index contributed by atoms with van der Waals surface area (Å²) in [5.41, 5.74) is 2.61. The van der Waals surface area contributed by atoms with Crippen molar-refractivity contribution in [3.05, 3.63) is 71.3 Å². The van der Waals surface area contributed by atoms with Gasteiger partial charge in [-0.2, -0.15) is 0 Å². The van der Waals surface area contributed by atoms with E-state index < -0.39 is 5.97 Å². The standard InChI is InChI=1S/C21H25NO4/c1-16(8-9-17-6-4-3-5-7-17)22-20(23)15-26-21(24)19-12-10-18(11-13-19)14-25-2/h3-7,10-13,16H,8-9,14-15H2,1-2H3,(H,22,23)/t16-/m1/s1. The Balaban J connectivity index is 1.70. The van der Waals surface area contributed by atoms with Crippen LogP contribution in [0.25, 0.3) is 0 Å². The first kappa shape index (κ1) is 19.7. The van der Waals surface area contributed by atoms with E-state index in [-0.39, 0.29) is 18.6 Å². The minimum atomic E-state index is -0.513. The van der Waals surface area contributed by atoms with E-state index in [1.807, 2.05) is 25.1 Å². The molecule has 0 saturated heterocycles. The Hall–Kier alpha value is -2.66.